The molecule has 7 heteroatoms. The normalized spacial score (nSPS) is 41.4. The molecule has 5 saturated carbocycles. The van der Waals surface area contributed by atoms with Crippen molar-refractivity contribution in [2.75, 3.05) is 20.2 Å². The van der Waals surface area contributed by atoms with Gasteiger partial charge in [-0.1, -0.05) is 58.6 Å². The minimum atomic E-state index is -0.919. The molecule has 7 nitrogen and oxygen atoms in total. The van der Waals surface area contributed by atoms with Crippen LogP contribution in [0.15, 0.2) is 23.3 Å². The van der Waals surface area contributed by atoms with Crippen LogP contribution < -0.4 is 5.32 Å². The lowest BCUT2D eigenvalue weighted by atomic mass is 9.32. The number of carbonyl (C=O) groups is 3. The fraction of sp³-hybridized carbons (Fsp3) is 0.795. The third-order valence-electron chi connectivity index (χ3n) is 16.5. The van der Waals surface area contributed by atoms with Crippen molar-refractivity contribution < 1.29 is 29.0 Å². The van der Waals surface area contributed by atoms with Crippen LogP contribution in [-0.2, 0) is 23.9 Å². The largest absolute Gasteiger partial charge is 0.478 e. The molecule has 5 fully saturated rings. The standard InChI is InChI=1S/C44H65NO6/c1-27(2)29-14-21-44(20-13-28-17-24-45-26-30(28)37(47)48)23-22-42(8)31(36(29)44)11-12-33-41(7)18-16-34(40(5,6)32(41)15-19-43(33,42)9)51-35(46)25-39(3,4)38(49)50-10/h29,31-34,36,45H,1,11-12,14-19,21-26H2,2-10H3,(H,47,48)/t29-,31?,32?,33?,34-,36?,41-,42+,43+,44+/m0/s1. The van der Waals surface area contributed by atoms with Crippen LogP contribution in [0.1, 0.15) is 132 Å². The molecule has 1 aliphatic heterocycles. The van der Waals surface area contributed by atoms with Gasteiger partial charge in [0.15, 0.2) is 0 Å². The van der Waals surface area contributed by atoms with Crippen molar-refractivity contribution in [1.29, 1.82) is 0 Å². The first-order valence-electron chi connectivity index (χ1n) is 19.9. The van der Waals surface area contributed by atoms with Crippen molar-refractivity contribution in [3.05, 3.63) is 23.3 Å². The Morgan fingerprint density at radius 3 is 2.33 bits per heavy atom. The average molecular weight is 704 g/mol. The number of esters is 2. The second-order valence-corrected chi connectivity index (χ2v) is 19.7. The predicted octanol–water partition coefficient (Wildman–Crippen LogP) is 8.52. The Morgan fingerprint density at radius 2 is 1.67 bits per heavy atom. The van der Waals surface area contributed by atoms with Gasteiger partial charge in [-0.2, -0.15) is 0 Å². The number of hydrogen-bond donors (Lipinski definition) is 2. The van der Waals surface area contributed by atoms with Crippen LogP contribution in [0.2, 0.25) is 0 Å². The van der Waals surface area contributed by atoms with Gasteiger partial charge in [-0.3, -0.25) is 9.59 Å². The first-order chi connectivity index (χ1) is 23.8. The molecule has 4 unspecified atom stereocenters. The van der Waals surface area contributed by atoms with E-state index in [4.69, 9.17) is 9.47 Å². The molecule has 282 valence electrons. The van der Waals surface area contributed by atoms with Crippen LogP contribution in [-0.4, -0.2) is 49.3 Å². The summed E-state index contributed by atoms with van der Waals surface area (Å²) >= 11 is 0. The Labute approximate surface area is 307 Å². The molecule has 0 bridgehead atoms. The number of rotatable bonds is 6. The fourth-order valence-electron chi connectivity index (χ4n) is 13.7. The molecule has 0 amide bonds. The molecule has 0 radical (unpaired) electrons. The van der Waals surface area contributed by atoms with Crippen molar-refractivity contribution in [3.63, 3.8) is 0 Å². The molecule has 2 N–H and O–H groups in total. The topological polar surface area (TPSA) is 102 Å². The van der Waals surface area contributed by atoms with E-state index >= 15 is 0 Å². The number of methoxy groups -OCH3 is 1. The SMILES string of the molecule is C=C(C)[C@@H]1CC[C@]2(C#CC3=C(C(=O)O)CNCC3)CC[C@]3(C)C(CCC4[C@@]5(C)CC[C@H](OC(=O)CC(C)(C)C(=O)OC)C(C)(C)C5CC[C@]43C)C12. The molecule has 6 rings (SSSR count). The van der Waals surface area contributed by atoms with E-state index in [1.165, 1.54) is 31.9 Å². The van der Waals surface area contributed by atoms with Crippen molar-refractivity contribution in [1.82, 2.24) is 5.32 Å². The van der Waals surface area contributed by atoms with Crippen LogP contribution in [0.3, 0.4) is 0 Å². The molecule has 0 saturated heterocycles. The van der Waals surface area contributed by atoms with Crippen LogP contribution in [0, 0.1) is 73.9 Å². The molecule has 1 heterocycles. The fourth-order valence-corrected chi connectivity index (χ4v) is 13.7. The Morgan fingerprint density at radius 1 is 0.941 bits per heavy atom. The van der Waals surface area contributed by atoms with Crippen LogP contribution in [0.4, 0.5) is 0 Å². The third kappa shape index (κ3) is 5.93. The van der Waals surface area contributed by atoms with Crippen molar-refractivity contribution in [3.8, 4) is 11.8 Å². The lowest BCUT2D eigenvalue weighted by molar-refractivity contribution is -0.247. The van der Waals surface area contributed by atoms with Crippen LogP contribution >= 0.6 is 0 Å². The molecular weight excluding hydrogens is 638 g/mol. The highest BCUT2D eigenvalue weighted by Crippen LogP contribution is 2.77. The Balaban J connectivity index is 1.28. The van der Waals surface area contributed by atoms with E-state index in [9.17, 15) is 19.5 Å². The summed E-state index contributed by atoms with van der Waals surface area (Å²) < 4.78 is 11.2. The third-order valence-corrected chi connectivity index (χ3v) is 16.5. The number of ether oxygens (including phenoxy) is 2. The zero-order valence-corrected chi connectivity index (χ0v) is 33.1. The average Bonchev–Trinajstić information content (AvgIpc) is 3.45. The summed E-state index contributed by atoms with van der Waals surface area (Å²) in [7, 11) is 1.36. The first kappa shape index (κ1) is 38.1. The lowest BCUT2D eigenvalue weighted by Crippen LogP contribution is -2.66. The van der Waals surface area contributed by atoms with Gasteiger partial charge in [0.05, 0.1) is 24.5 Å². The Hall–Kier alpha value is -2.59. The summed E-state index contributed by atoms with van der Waals surface area (Å²) in [6.45, 7) is 23.9. The van der Waals surface area contributed by atoms with Gasteiger partial charge < -0.3 is 19.9 Å². The molecule has 10 atom stereocenters. The number of allylic oxidation sites excluding steroid dienone is 1. The number of aliphatic carboxylic acids is 1. The maximum absolute atomic E-state index is 13.2. The Kier molecular flexibility index (Phi) is 9.77. The van der Waals surface area contributed by atoms with Gasteiger partial charge in [0.1, 0.15) is 6.10 Å². The second-order valence-electron chi connectivity index (χ2n) is 19.7. The van der Waals surface area contributed by atoms with Gasteiger partial charge in [0.25, 0.3) is 0 Å². The maximum Gasteiger partial charge on any atom is 0.333 e. The van der Waals surface area contributed by atoms with Gasteiger partial charge >= 0.3 is 17.9 Å². The van der Waals surface area contributed by atoms with E-state index in [0.29, 0.717) is 48.1 Å². The minimum absolute atomic E-state index is 0.0162. The molecular formula is C44H65NO6. The highest BCUT2D eigenvalue weighted by Gasteiger charge is 2.71. The molecule has 0 aromatic rings. The number of nitrogens with one attached hydrogen (secondary N) is 1. The van der Waals surface area contributed by atoms with E-state index in [0.717, 1.165) is 57.1 Å². The zero-order valence-electron chi connectivity index (χ0n) is 33.1. The summed E-state index contributed by atoms with van der Waals surface area (Å²) in [4.78, 5) is 37.6. The molecule has 0 aromatic carbocycles. The van der Waals surface area contributed by atoms with Crippen molar-refractivity contribution in [2.24, 2.45) is 62.1 Å². The van der Waals surface area contributed by atoms with E-state index in [1.54, 1.807) is 13.8 Å². The quantitative estimate of drug-likeness (QED) is 0.163. The Bertz CT molecular complexity index is 1560. The summed E-state index contributed by atoms with van der Waals surface area (Å²) in [5.41, 5.74) is 1.85. The van der Waals surface area contributed by atoms with Gasteiger partial charge in [-0.05, 0) is 137 Å². The van der Waals surface area contributed by atoms with Gasteiger partial charge in [0, 0.05) is 29.5 Å². The van der Waals surface area contributed by atoms with E-state index in [-0.39, 0.29) is 45.6 Å². The molecule has 6 aliphatic rings. The number of carboxylic acid groups (broad SMARTS) is 1. The van der Waals surface area contributed by atoms with Crippen molar-refractivity contribution >= 4 is 17.9 Å². The molecule has 51 heavy (non-hydrogen) atoms. The molecule has 0 aromatic heterocycles. The summed E-state index contributed by atoms with van der Waals surface area (Å²) in [6.07, 6.45) is 11.6. The second kappa shape index (κ2) is 13.1. The maximum atomic E-state index is 13.2. The number of carbonyl (C=O) groups excluding carboxylic acids is 2. The van der Waals surface area contributed by atoms with Crippen LogP contribution in [0.5, 0.6) is 0 Å². The highest BCUT2D eigenvalue weighted by atomic mass is 16.5. The summed E-state index contributed by atoms with van der Waals surface area (Å²) in [6, 6.07) is 0. The minimum Gasteiger partial charge on any atom is -0.478 e. The van der Waals surface area contributed by atoms with Crippen LogP contribution in [0.25, 0.3) is 0 Å². The molecule has 0 spiro atoms. The highest BCUT2D eigenvalue weighted by molar-refractivity contribution is 5.89. The zero-order chi connectivity index (χ0) is 37.4. The lowest BCUT2D eigenvalue weighted by Gasteiger charge is -2.72. The van der Waals surface area contributed by atoms with Gasteiger partial charge in [-0.15, -0.1) is 0 Å². The van der Waals surface area contributed by atoms with Gasteiger partial charge in [-0.25, -0.2) is 4.79 Å². The number of carboxylic acids is 1. The van der Waals surface area contributed by atoms with E-state index in [1.807, 2.05) is 0 Å². The monoisotopic (exact) mass is 703 g/mol. The van der Waals surface area contributed by atoms with Crippen molar-refractivity contribution in [2.45, 2.75) is 139 Å². The number of hydrogen-bond acceptors (Lipinski definition) is 6. The summed E-state index contributed by atoms with van der Waals surface area (Å²) in [5, 5.41) is 13.1. The summed E-state index contributed by atoms with van der Waals surface area (Å²) in [5.74, 6) is 8.31. The van der Waals surface area contributed by atoms with E-state index < -0.39 is 17.4 Å². The van der Waals surface area contributed by atoms with Gasteiger partial charge in [0.2, 0.25) is 0 Å². The smallest absolute Gasteiger partial charge is 0.333 e. The first-order valence-corrected chi connectivity index (χ1v) is 19.9. The predicted molar refractivity (Wildman–Crippen MR) is 199 cm³/mol. The molecule has 5 aliphatic carbocycles. The van der Waals surface area contributed by atoms with E-state index in [2.05, 4.69) is 65.3 Å². The number of fused-ring (bicyclic) bond motifs is 7.